The molecule has 0 radical (unpaired) electrons. The van der Waals surface area contributed by atoms with Gasteiger partial charge in [-0.1, -0.05) is 37.3 Å². The molecule has 0 aliphatic rings. The molecule has 0 aromatic heterocycles. The van der Waals surface area contributed by atoms with E-state index in [1.54, 1.807) is 12.1 Å². The summed E-state index contributed by atoms with van der Waals surface area (Å²) in [4.78, 5) is 23.0. The number of amides is 1. The topological polar surface area (TPSA) is 81.4 Å². The van der Waals surface area contributed by atoms with Gasteiger partial charge < -0.3 is 10.5 Å². The lowest BCUT2D eigenvalue weighted by Gasteiger charge is -2.21. The first kappa shape index (κ1) is 14.2. The van der Waals surface area contributed by atoms with E-state index in [0.29, 0.717) is 6.42 Å². The summed E-state index contributed by atoms with van der Waals surface area (Å²) < 4.78 is 4.74. The molecule has 0 bridgehead atoms. The first-order valence-corrected chi connectivity index (χ1v) is 5.78. The highest BCUT2D eigenvalue weighted by atomic mass is 16.5. The van der Waals surface area contributed by atoms with Crippen LogP contribution in [0, 0.1) is 0 Å². The molecule has 0 spiro atoms. The average Bonchev–Trinajstić information content (AvgIpc) is 2.39. The minimum Gasteiger partial charge on any atom is -0.468 e. The number of nitrogens with one attached hydrogen (secondary N) is 1. The van der Waals surface area contributed by atoms with Gasteiger partial charge in [-0.3, -0.25) is 10.1 Å². The third-order valence-corrected chi connectivity index (χ3v) is 2.69. The van der Waals surface area contributed by atoms with E-state index >= 15 is 0 Å². The lowest BCUT2D eigenvalue weighted by atomic mass is 10.0. The van der Waals surface area contributed by atoms with Crippen LogP contribution in [0.25, 0.3) is 0 Å². The summed E-state index contributed by atoms with van der Waals surface area (Å²) in [6, 6.07) is 7.83. The molecule has 1 amide bonds. The normalized spacial score (nSPS) is 13.7. The number of rotatable bonds is 6. The van der Waals surface area contributed by atoms with Crippen molar-refractivity contribution in [2.24, 2.45) is 5.73 Å². The fourth-order valence-electron chi connectivity index (χ4n) is 1.67. The SMILES string of the molecule is CCC(NC(C(=O)OC)c1ccccc1)C(N)=O. The van der Waals surface area contributed by atoms with Gasteiger partial charge in [0.15, 0.2) is 0 Å². The van der Waals surface area contributed by atoms with Gasteiger partial charge in [0.05, 0.1) is 13.2 Å². The Bertz CT molecular complexity index is 406. The van der Waals surface area contributed by atoms with Crippen LogP contribution in [0.4, 0.5) is 0 Å². The van der Waals surface area contributed by atoms with Crippen LogP contribution in [0.1, 0.15) is 24.9 Å². The fourth-order valence-corrected chi connectivity index (χ4v) is 1.67. The van der Waals surface area contributed by atoms with Gasteiger partial charge in [0.1, 0.15) is 6.04 Å². The predicted octanol–water partition coefficient (Wildman–Crippen LogP) is 0.754. The van der Waals surface area contributed by atoms with Crippen molar-refractivity contribution in [3.63, 3.8) is 0 Å². The Morgan fingerprint density at radius 3 is 2.39 bits per heavy atom. The summed E-state index contributed by atoms with van der Waals surface area (Å²) in [5.74, 6) is -0.928. The fraction of sp³-hybridized carbons (Fsp3) is 0.385. The summed E-state index contributed by atoms with van der Waals surface area (Å²) in [7, 11) is 1.31. The Morgan fingerprint density at radius 2 is 1.94 bits per heavy atom. The highest BCUT2D eigenvalue weighted by molar-refractivity contribution is 5.82. The molecule has 1 rings (SSSR count). The average molecular weight is 250 g/mol. The maximum atomic E-state index is 11.7. The summed E-state index contributed by atoms with van der Waals surface area (Å²) in [5.41, 5.74) is 6.00. The van der Waals surface area contributed by atoms with E-state index in [1.807, 2.05) is 25.1 Å². The van der Waals surface area contributed by atoms with Crippen molar-refractivity contribution in [1.82, 2.24) is 5.32 Å². The third-order valence-electron chi connectivity index (χ3n) is 2.69. The molecule has 5 nitrogen and oxygen atoms in total. The molecule has 2 unspecified atom stereocenters. The van der Waals surface area contributed by atoms with Crippen LogP contribution in [0.5, 0.6) is 0 Å². The first-order valence-electron chi connectivity index (χ1n) is 5.78. The second-order valence-corrected chi connectivity index (χ2v) is 3.90. The molecule has 2 atom stereocenters. The van der Waals surface area contributed by atoms with Crippen molar-refractivity contribution in [3.8, 4) is 0 Å². The van der Waals surface area contributed by atoms with E-state index in [-0.39, 0.29) is 0 Å². The molecule has 98 valence electrons. The second kappa shape index (κ2) is 6.76. The summed E-state index contributed by atoms with van der Waals surface area (Å²) in [6.45, 7) is 1.82. The minimum absolute atomic E-state index is 0.444. The van der Waals surface area contributed by atoms with Crippen LogP contribution in [-0.2, 0) is 14.3 Å². The van der Waals surface area contributed by atoms with Gasteiger partial charge in [-0.2, -0.15) is 0 Å². The minimum atomic E-state index is -0.686. The maximum absolute atomic E-state index is 11.7. The van der Waals surface area contributed by atoms with Crippen LogP contribution in [0.15, 0.2) is 30.3 Å². The Balaban J connectivity index is 2.93. The zero-order valence-electron chi connectivity index (χ0n) is 10.6. The van der Waals surface area contributed by atoms with E-state index in [9.17, 15) is 9.59 Å². The smallest absolute Gasteiger partial charge is 0.327 e. The van der Waals surface area contributed by atoms with Crippen molar-refractivity contribution in [3.05, 3.63) is 35.9 Å². The predicted molar refractivity (Wildman–Crippen MR) is 67.6 cm³/mol. The molecule has 0 aliphatic heterocycles. The van der Waals surface area contributed by atoms with Crippen molar-refractivity contribution in [2.45, 2.75) is 25.4 Å². The van der Waals surface area contributed by atoms with Crippen molar-refractivity contribution >= 4 is 11.9 Å². The Morgan fingerprint density at radius 1 is 1.33 bits per heavy atom. The molecule has 5 heteroatoms. The number of primary amides is 1. The standard InChI is InChI=1S/C13H18N2O3/c1-3-10(12(14)16)15-11(13(17)18-2)9-7-5-4-6-8-9/h4-8,10-11,15H,3H2,1-2H3,(H2,14,16). The van der Waals surface area contributed by atoms with E-state index in [4.69, 9.17) is 10.5 Å². The molecule has 0 saturated carbocycles. The molecule has 0 heterocycles. The van der Waals surface area contributed by atoms with Gasteiger partial charge in [0, 0.05) is 0 Å². The van der Waals surface area contributed by atoms with E-state index < -0.39 is 24.0 Å². The molecule has 0 fully saturated rings. The molecule has 0 aliphatic carbocycles. The Hall–Kier alpha value is -1.88. The lowest BCUT2D eigenvalue weighted by Crippen LogP contribution is -2.45. The summed E-state index contributed by atoms with van der Waals surface area (Å²) in [5, 5.41) is 2.92. The van der Waals surface area contributed by atoms with Crippen LogP contribution < -0.4 is 11.1 Å². The number of carbonyl (C=O) groups is 2. The van der Waals surface area contributed by atoms with Crippen LogP contribution >= 0.6 is 0 Å². The number of nitrogens with two attached hydrogens (primary N) is 1. The zero-order valence-corrected chi connectivity index (χ0v) is 10.6. The molecule has 3 N–H and O–H groups in total. The van der Waals surface area contributed by atoms with Crippen molar-refractivity contribution in [1.29, 1.82) is 0 Å². The highest BCUT2D eigenvalue weighted by Gasteiger charge is 2.25. The Labute approximate surface area is 106 Å². The summed E-state index contributed by atoms with van der Waals surface area (Å²) in [6.07, 6.45) is 0.510. The number of benzene rings is 1. The first-order chi connectivity index (χ1) is 8.60. The van der Waals surface area contributed by atoms with Crippen LogP contribution in [-0.4, -0.2) is 25.0 Å². The van der Waals surface area contributed by atoms with Crippen molar-refractivity contribution in [2.75, 3.05) is 7.11 Å². The molecule has 18 heavy (non-hydrogen) atoms. The highest BCUT2D eigenvalue weighted by Crippen LogP contribution is 2.15. The quantitative estimate of drug-likeness (QED) is 0.730. The van der Waals surface area contributed by atoms with Gasteiger partial charge >= 0.3 is 5.97 Å². The van der Waals surface area contributed by atoms with Gasteiger partial charge in [0.2, 0.25) is 5.91 Å². The molecular formula is C13H18N2O3. The van der Waals surface area contributed by atoms with Gasteiger partial charge in [-0.25, -0.2) is 4.79 Å². The van der Waals surface area contributed by atoms with Crippen LogP contribution in [0.2, 0.25) is 0 Å². The lowest BCUT2D eigenvalue weighted by molar-refractivity contribution is -0.143. The molecular weight excluding hydrogens is 232 g/mol. The number of hydrogen-bond donors (Lipinski definition) is 2. The largest absolute Gasteiger partial charge is 0.468 e. The maximum Gasteiger partial charge on any atom is 0.327 e. The Kier molecular flexibility index (Phi) is 5.32. The van der Waals surface area contributed by atoms with E-state index in [1.165, 1.54) is 7.11 Å². The van der Waals surface area contributed by atoms with Crippen LogP contribution in [0.3, 0.4) is 0 Å². The van der Waals surface area contributed by atoms with E-state index in [2.05, 4.69) is 5.32 Å². The second-order valence-electron chi connectivity index (χ2n) is 3.90. The molecule has 1 aromatic rings. The molecule has 0 saturated heterocycles. The molecule has 1 aromatic carbocycles. The third kappa shape index (κ3) is 3.56. The summed E-state index contributed by atoms with van der Waals surface area (Å²) >= 11 is 0. The van der Waals surface area contributed by atoms with Gasteiger partial charge in [0.25, 0.3) is 0 Å². The number of methoxy groups -OCH3 is 1. The number of hydrogen-bond acceptors (Lipinski definition) is 4. The van der Waals surface area contributed by atoms with Crippen molar-refractivity contribution < 1.29 is 14.3 Å². The number of carbonyl (C=O) groups excluding carboxylic acids is 2. The van der Waals surface area contributed by atoms with Gasteiger partial charge in [-0.05, 0) is 12.0 Å². The number of esters is 1. The van der Waals surface area contributed by atoms with Gasteiger partial charge in [-0.15, -0.1) is 0 Å². The number of ether oxygens (including phenoxy) is 1. The zero-order chi connectivity index (χ0) is 13.5. The van der Waals surface area contributed by atoms with E-state index in [0.717, 1.165) is 5.56 Å². The monoisotopic (exact) mass is 250 g/mol.